The Hall–Kier alpha value is -0.0900. The van der Waals surface area contributed by atoms with Gasteiger partial charge in [0.1, 0.15) is 0 Å². The maximum absolute atomic E-state index is 6.21. The lowest BCUT2D eigenvalue weighted by atomic mass is 9.87. The van der Waals surface area contributed by atoms with E-state index in [0.29, 0.717) is 0 Å². The topological polar surface area (TPSA) is 21.3 Å². The van der Waals surface area contributed by atoms with Gasteiger partial charge < -0.3 is 10.1 Å². The molecule has 2 atom stereocenters. The molecule has 4 heteroatoms. The molecule has 2 unspecified atom stereocenters. The fourth-order valence-corrected chi connectivity index (χ4v) is 3.82. The Bertz CT molecular complexity index is 347. The Morgan fingerprint density at radius 2 is 2.38 bits per heavy atom. The van der Waals surface area contributed by atoms with Gasteiger partial charge in [0.05, 0.1) is 16.7 Å². The van der Waals surface area contributed by atoms with Gasteiger partial charge in [-0.15, -0.1) is 11.3 Å². The second-order valence-electron chi connectivity index (χ2n) is 4.47. The van der Waals surface area contributed by atoms with Crippen molar-refractivity contribution in [3.63, 3.8) is 0 Å². The van der Waals surface area contributed by atoms with Crippen LogP contribution < -0.4 is 5.32 Å². The fourth-order valence-electron chi connectivity index (χ4n) is 2.41. The predicted molar refractivity (Wildman–Crippen MR) is 69.3 cm³/mol. The van der Waals surface area contributed by atoms with E-state index < -0.39 is 0 Å². The summed E-state index contributed by atoms with van der Waals surface area (Å²) in [6.07, 6.45) is 3.49. The summed E-state index contributed by atoms with van der Waals surface area (Å²) < 4.78 is 5.98. The SMILES string of the molecule is CNC(c1sccc1Cl)C1(C)CCCCO1. The van der Waals surface area contributed by atoms with E-state index in [1.807, 2.05) is 18.5 Å². The minimum Gasteiger partial charge on any atom is -0.373 e. The van der Waals surface area contributed by atoms with E-state index in [0.717, 1.165) is 18.1 Å². The van der Waals surface area contributed by atoms with E-state index in [4.69, 9.17) is 16.3 Å². The van der Waals surface area contributed by atoms with Crippen molar-refractivity contribution in [3.8, 4) is 0 Å². The van der Waals surface area contributed by atoms with Crippen molar-refractivity contribution in [2.45, 2.75) is 37.8 Å². The standard InChI is InChI=1S/C12H18ClNOS/c1-12(6-3-4-7-15-12)11(14-2)10-9(13)5-8-16-10/h5,8,11,14H,3-4,6-7H2,1-2H3. The Labute approximate surface area is 106 Å². The summed E-state index contributed by atoms with van der Waals surface area (Å²) in [5.74, 6) is 0. The average molecular weight is 260 g/mol. The zero-order valence-corrected chi connectivity index (χ0v) is 11.3. The zero-order chi connectivity index (χ0) is 11.6. The van der Waals surface area contributed by atoms with Crippen molar-refractivity contribution in [2.24, 2.45) is 0 Å². The van der Waals surface area contributed by atoms with Crippen molar-refractivity contribution in [2.75, 3.05) is 13.7 Å². The number of hydrogen-bond donors (Lipinski definition) is 1. The smallest absolute Gasteiger partial charge is 0.0856 e. The first-order valence-electron chi connectivity index (χ1n) is 5.71. The number of rotatable bonds is 3. The van der Waals surface area contributed by atoms with Gasteiger partial charge in [-0.25, -0.2) is 0 Å². The summed E-state index contributed by atoms with van der Waals surface area (Å²) in [5.41, 5.74) is -0.124. The van der Waals surface area contributed by atoms with Crippen molar-refractivity contribution in [1.82, 2.24) is 5.32 Å². The minimum absolute atomic E-state index is 0.124. The van der Waals surface area contributed by atoms with Crippen molar-refractivity contribution in [3.05, 3.63) is 21.3 Å². The molecule has 0 radical (unpaired) electrons. The highest BCUT2D eigenvalue weighted by molar-refractivity contribution is 7.10. The van der Waals surface area contributed by atoms with Crippen molar-refractivity contribution in [1.29, 1.82) is 0 Å². The predicted octanol–water partition coefficient (Wildman–Crippen LogP) is 3.62. The quantitative estimate of drug-likeness (QED) is 0.895. The second-order valence-corrected chi connectivity index (χ2v) is 5.83. The van der Waals surface area contributed by atoms with Gasteiger partial charge in [-0.1, -0.05) is 11.6 Å². The highest BCUT2D eigenvalue weighted by Gasteiger charge is 2.38. The molecule has 0 aromatic carbocycles. The van der Waals surface area contributed by atoms with Crippen LogP contribution in [0.3, 0.4) is 0 Å². The van der Waals surface area contributed by atoms with Crippen LogP contribution in [0.25, 0.3) is 0 Å². The Balaban J connectivity index is 2.24. The van der Waals surface area contributed by atoms with Gasteiger partial charge in [-0.3, -0.25) is 0 Å². The van der Waals surface area contributed by atoms with Gasteiger partial charge in [0, 0.05) is 11.5 Å². The molecule has 2 nitrogen and oxygen atoms in total. The van der Waals surface area contributed by atoms with E-state index in [-0.39, 0.29) is 11.6 Å². The van der Waals surface area contributed by atoms with Crippen molar-refractivity contribution < 1.29 is 4.74 Å². The Kier molecular flexibility index (Phi) is 3.90. The number of halogens is 1. The summed E-state index contributed by atoms with van der Waals surface area (Å²) in [7, 11) is 1.98. The van der Waals surface area contributed by atoms with Crippen molar-refractivity contribution >= 4 is 22.9 Å². The number of nitrogens with one attached hydrogen (secondary N) is 1. The van der Waals surface area contributed by atoms with E-state index in [2.05, 4.69) is 12.2 Å². The lowest BCUT2D eigenvalue weighted by molar-refractivity contribution is -0.0877. The number of ether oxygens (including phenoxy) is 1. The first kappa shape index (κ1) is 12.4. The maximum atomic E-state index is 6.21. The molecule has 16 heavy (non-hydrogen) atoms. The molecule has 1 aromatic heterocycles. The molecule has 0 amide bonds. The molecule has 90 valence electrons. The molecule has 2 rings (SSSR count). The number of thiophene rings is 1. The van der Waals surface area contributed by atoms with Crippen LogP contribution in [0.15, 0.2) is 11.4 Å². The lowest BCUT2D eigenvalue weighted by Crippen LogP contribution is -2.44. The molecule has 1 N–H and O–H groups in total. The van der Waals surface area contributed by atoms with Crippen LogP contribution in [0.1, 0.15) is 37.1 Å². The number of hydrogen-bond acceptors (Lipinski definition) is 3. The minimum atomic E-state index is -0.124. The molecular weight excluding hydrogens is 242 g/mol. The third-order valence-corrected chi connectivity index (χ3v) is 4.73. The molecule has 0 saturated carbocycles. The van der Waals surface area contributed by atoms with Crippen LogP contribution in [0.2, 0.25) is 5.02 Å². The monoisotopic (exact) mass is 259 g/mol. The summed E-state index contributed by atoms with van der Waals surface area (Å²) in [6.45, 7) is 3.04. The molecule has 1 fully saturated rings. The van der Waals surface area contributed by atoms with E-state index in [1.165, 1.54) is 17.7 Å². The normalized spacial score (nSPS) is 27.9. The summed E-state index contributed by atoms with van der Waals surface area (Å²) >= 11 is 7.91. The van der Waals surface area contributed by atoms with Gasteiger partial charge >= 0.3 is 0 Å². The third-order valence-electron chi connectivity index (χ3n) is 3.31. The first-order valence-corrected chi connectivity index (χ1v) is 6.97. The first-order chi connectivity index (χ1) is 7.67. The van der Waals surface area contributed by atoms with Crippen LogP contribution in [0.5, 0.6) is 0 Å². The van der Waals surface area contributed by atoms with Gasteiger partial charge in [0.15, 0.2) is 0 Å². The van der Waals surface area contributed by atoms with E-state index >= 15 is 0 Å². The van der Waals surface area contributed by atoms with Crippen LogP contribution in [-0.2, 0) is 4.74 Å². The average Bonchev–Trinajstić information content (AvgIpc) is 2.67. The maximum Gasteiger partial charge on any atom is 0.0856 e. The Morgan fingerprint density at radius 1 is 1.56 bits per heavy atom. The van der Waals surface area contributed by atoms with Crippen LogP contribution in [0.4, 0.5) is 0 Å². The summed E-state index contributed by atoms with van der Waals surface area (Å²) in [5, 5.41) is 6.24. The van der Waals surface area contributed by atoms with Gasteiger partial charge in [0.25, 0.3) is 0 Å². The molecule has 1 aromatic rings. The van der Waals surface area contributed by atoms with E-state index in [9.17, 15) is 0 Å². The molecule has 2 heterocycles. The third kappa shape index (κ3) is 2.28. The molecule has 0 aliphatic carbocycles. The lowest BCUT2D eigenvalue weighted by Gasteiger charge is -2.40. The van der Waals surface area contributed by atoms with Crippen LogP contribution in [-0.4, -0.2) is 19.3 Å². The molecular formula is C12H18ClNOS. The van der Waals surface area contributed by atoms with Crippen LogP contribution >= 0.6 is 22.9 Å². The molecule has 1 aliphatic heterocycles. The van der Waals surface area contributed by atoms with Gasteiger partial charge in [0.2, 0.25) is 0 Å². The number of likely N-dealkylation sites (N-methyl/N-ethyl adjacent to an activating group) is 1. The molecule has 0 bridgehead atoms. The molecule has 0 spiro atoms. The summed E-state index contributed by atoms with van der Waals surface area (Å²) in [6, 6.07) is 2.15. The van der Waals surface area contributed by atoms with Crippen LogP contribution in [0, 0.1) is 0 Å². The highest BCUT2D eigenvalue weighted by Crippen LogP contribution is 2.40. The van der Waals surface area contributed by atoms with E-state index in [1.54, 1.807) is 11.3 Å². The van der Waals surface area contributed by atoms with Gasteiger partial charge in [-0.05, 0) is 44.7 Å². The molecule has 1 saturated heterocycles. The fraction of sp³-hybridized carbons (Fsp3) is 0.667. The largest absolute Gasteiger partial charge is 0.373 e. The summed E-state index contributed by atoms with van der Waals surface area (Å²) in [4.78, 5) is 1.19. The van der Waals surface area contributed by atoms with Gasteiger partial charge in [-0.2, -0.15) is 0 Å². The highest BCUT2D eigenvalue weighted by atomic mass is 35.5. The molecule has 1 aliphatic rings. The zero-order valence-electron chi connectivity index (χ0n) is 9.75. The Morgan fingerprint density at radius 3 is 2.88 bits per heavy atom. The second kappa shape index (κ2) is 5.05.